The van der Waals surface area contributed by atoms with Crippen LogP contribution in [0.1, 0.15) is 53.2 Å². The Balaban J connectivity index is 1.38. The second kappa shape index (κ2) is 8.93. The zero-order valence-electron chi connectivity index (χ0n) is 19.3. The van der Waals surface area contributed by atoms with Crippen LogP contribution in [0.2, 0.25) is 0 Å². The third-order valence-corrected chi connectivity index (χ3v) is 8.15. The highest BCUT2D eigenvalue weighted by molar-refractivity contribution is 5.94. The van der Waals surface area contributed by atoms with E-state index in [9.17, 15) is 14.0 Å². The second-order valence-electron chi connectivity index (χ2n) is 9.98. The number of rotatable bonds is 4. The quantitative estimate of drug-likeness (QED) is 0.734. The number of fused-ring (bicyclic) bond motifs is 4. The van der Waals surface area contributed by atoms with Crippen molar-refractivity contribution < 1.29 is 14.0 Å². The molecule has 7 heteroatoms. The lowest BCUT2D eigenvalue weighted by atomic mass is 9.72. The van der Waals surface area contributed by atoms with Crippen molar-refractivity contribution in [3.8, 4) is 0 Å². The first kappa shape index (κ1) is 22.1. The maximum Gasteiger partial charge on any atom is 0.317 e. The van der Waals surface area contributed by atoms with E-state index in [2.05, 4.69) is 15.5 Å². The smallest absolute Gasteiger partial charge is 0.317 e. The first-order valence-electron chi connectivity index (χ1n) is 12.1. The summed E-state index contributed by atoms with van der Waals surface area (Å²) < 4.78 is 13.7. The number of carbonyl (C=O) groups is 2. The molecular formula is C26H33FN4O2. The van der Waals surface area contributed by atoms with Gasteiger partial charge in [-0.25, -0.2) is 9.18 Å². The maximum absolute atomic E-state index is 13.7. The van der Waals surface area contributed by atoms with Crippen molar-refractivity contribution in [2.24, 2.45) is 11.3 Å². The summed E-state index contributed by atoms with van der Waals surface area (Å²) in [5, 5.41) is 5.95. The zero-order valence-corrected chi connectivity index (χ0v) is 19.3. The molecule has 1 aliphatic carbocycles. The van der Waals surface area contributed by atoms with E-state index in [4.69, 9.17) is 0 Å². The molecule has 2 N–H and O–H groups in total. The van der Waals surface area contributed by atoms with Gasteiger partial charge in [-0.3, -0.25) is 4.79 Å². The number of hydrogen-bond acceptors (Lipinski definition) is 3. The van der Waals surface area contributed by atoms with Crippen LogP contribution in [0.4, 0.5) is 9.18 Å². The van der Waals surface area contributed by atoms with E-state index < -0.39 is 0 Å². The van der Waals surface area contributed by atoms with Gasteiger partial charge in [-0.05, 0) is 92.6 Å². The summed E-state index contributed by atoms with van der Waals surface area (Å²) in [6.07, 6.45) is 9.69. The van der Waals surface area contributed by atoms with E-state index in [0.717, 1.165) is 56.6 Å². The van der Waals surface area contributed by atoms with E-state index >= 15 is 0 Å². The summed E-state index contributed by atoms with van der Waals surface area (Å²) in [5.74, 6) is -0.345. The van der Waals surface area contributed by atoms with Crippen molar-refractivity contribution in [2.75, 3.05) is 39.8 Å². The molecular weight excluding hydrogens is 419 g/mol. The number of halogens is 1. The van der Waals surface area contributed by atoms with Crippen molar-refractivity contribution in [1.29, 1.82) is 0 Å². The fourth-order valence-electron chi connectivity index (χ4n) is 6.00. The van der Waals surface area contributed by atoms with Crippen molar-refractivity contribution in [3.05, 3.63) is 58.9 Å². The predicted octanol–water partition coefficient (Wildman–Crippen LogP) is 3.57. The molecule has 6 nitrogen and oxygen atoms in total. The number of urea groups is 1. The van der Waals surface area contributed by atoms with Gasteiger partial charge < -0.3 is 20.4 Å². The van der Waals surface area contributed by atoms with Gasteiger partial charge in [0.05, 0.1) is 6.04 Å². The maximum atomic E-state index is 13.7. The van der Waals surface area contributed by atoms with E-state index in [1.54, 1.807) is 13.1 Å². The normalized spacial score (nSPS) is 30.4. The van der Waals surface area contributed by atoms with E-state index in [-0.39, 0.29) is 35.1 Å². The van der Waals surface area contributed by atoms with E-state index in [0.29, 0.717) is 24.9 Å². The van der Waals surface area contributed by atoms with Gasteiger partial charge in [0, 0.05) is 31.6 Å². The van der Waals surface area contributed by atoms with Crippen LogP contribution in [0.25, 0.3) is 0 Å². The first-order valence-corrected chi connectivity index (χ1v) is 12.1. The predicted molar refractivity (Wildman–Crippen MR) is 126 cm³/mol. The summed E-state index contributed by atoms with van der Waals surface area (Å²) >= 11 is 0. The summed E-state index contributed by atoms with van der Waals surface area (Å²) in [7, 11) is 1.63. The molecule has 33 heavy (non-hydrogen) atoms. The molecule has 0 radical (unpaired) electrons. The minimum absolute atomic E-state index is 0.00349. The molecule has 3 saturated heterocycles. The van der Waals surface area contributed by atoms with Gasteiger partial charge in [0.1, 0.15) is 5.83 Å². The highest BCUT2D eigenvalue weighted by atomic mass is 19.1. The molecule has 2 atom stereocenters. The summed E-state index contributed by atoms with van der Waals surface area (Å²) in [5.41, 5.74) is 3.00. The molecule has 4 aliphatic heterocycles. The Morgan fingerprint density at radius 1 is 1.15 bits per heavy atom. The van der Waals surface area contributed by atoms with Gasteiger partial charge >= 0.3 is 6.03 Å². The van der Waals surface area contributed by atoms with Gasteiger partial charge in [0.15, 0.2) is 0 Å². The highest BCUT2D eigenvalue weighted by Crippen LogP contribution is 2.41. The van der Waals surface area contributed by atoms with E-state index in [1.807, 2.05) is 29.2 Å². The van der Waals surface area contributed by atoms with E-state index in [1.165, 1.54) is 6.08 Å². The van der Waals surface area contributed by atoms with Crippen molar-refractivity contribution in [1.82, 2.24) is 20.4 Å². The van der Waals surface area contributed by atoms with Crippen LogP contribution in [0.15, 0.2) is 42.3 Å². The average Bonchev–Trinajstić information content (AvgIpc) is 2.87. The Morgan fingerprint density at radius 2 is 1.91 bits per heavy atom. The Labute approximate surface area is 194 Å². The standard InChI is InChI=1S/C26H33FN4O2/c1-28-24(32)20-4-7-22-19(16-20)8-12-31(23(22)18-2-5-21(27)6-3-18)25(33)29-17-26-9-13-30(14-10-26)15-11-26/h2,4-7,16,18,23H,3,8-15,17H2,1H3,(H,28,32)(H,29,33)/t18?,23-/m1/s1. The zero-order chi connectivity index (χ0) is 23.0. The van der Waals surface area contributed by atoms with Crippen LogP contribution >= 0.6 is 0 Å². The van der Waals surface area contributed by atoms with Crippen LogP contribution in [0, 0.1) is 11.3 Å². The van der Waals surface area contributed by atoms with Gasteiger partial charge in [-0.15, -0.1) is 0 Å². The summed E-state index contributed by atoms with van der Waals surface area (Å²) in [4.78, 5) is 30.1. The third kappa shape index (κ3) is 4.31. The SMILES string of the molecule is CNC(=O)c1ccc2c(c1)CCN(C(=O)NCC13CCN(CC1)CC3)[C@@H]2C1C=CC(F)=CC1. The molecule has 176 valence electrons. The lowest BCUT2D eigenvalue weighted by molar-refractivity contribution is 0.0267. The molecule has 1 unspecified atom stereocenters. The fraction of sp³-hybridized carbons (Fsp3) is 0.538. The molecule has 1 aromatic carbocycles. The van der Waals surface area contributed by atoms with Gasteiger partial charge in [-0.1, -0.05) is 12.1 Å². The number of nitrogens with zero attached hydrogens (tertiary/aromatic N) is 2. The second-order valence-corrected chi connectivity index (χ2v) is 9.98. The number of nitrogens with one attached hydrogen (secondary N) is 2. The van der Waals surface area contributed by atoms with Crippen molar-refractivity contribution in [3.63, 3.8) is 0 Å². The third-order valence-electron chi connectivity index (χ3n) is 8.15. The van der Waals surface area contributed by atoms with Gasteiger partial charge in [-0.2, -0.15) is 0 Å². The topological polar surface area (TPSA) is 64.7 Å². The minimum atomic E-state index is -0.226. The van der Waals surface area contributed by atoms with Crippen LogP contribution in [0.5, 0.6) is 0 Å². The number of amides is 3. The Morgan fingerprint density at radius 3 is 2.58 bits per heavy atom. The monoisotopic (exact) mass is 452 g/mol. The molecule has 0 saturated carbocycles. The molecule has 1 aromatic rings. The van der Waals surface area contributed by atoms with Crippen LogP contribution in [-0.2, 0) is 6.42 Å². The molecule has 5 aliphatic rings. The summed E-state index contributed by atoms with van der Waals surface area (Å²) in [6.45, 7) is 4.70. The largest absolute Gasteiger partial charge is 0.355 e. The Kier molecular flexibility index (Phi) is 5.99. The fourth-order valence-corrected chi connectivity index (χ4v) is 6.00. The number of carbonyl (C=O) groups excluding carboxylic acids is 2. The molecule has 0 aromatic heterocycles. The van der Waals surface area contributed by atoms with Crippen LogP contribution in [-0.4, -0.2) is 61.5 Å². The van der Waals surface area contributed by atoms with Crippen LogP contribution in [0.3, 0.4) is 0 Å². The lowest BCUT2D eigenvalue weighted by Gasteiger charge is -2.49. The lowest BCUT2D eigenvalue weighted by Crippen LogP contribution is -2.55. The highest BCUT2D eigenvalue weighted by Gasteiger charge is 2.41. The van der Waals surface area contributed by atoms with Crippen molar-refractivity contribution in [2.45, 2.75) is 38.1 Å². The number of hydrogen-bond donors (Lipinski definition) is 2. The molecule has 3 amide bonds. The molecule has 2 bridgehead atoms. The Hall–Kier alpha value is -2.67. The first-order chi connectivity index (χ1) is 16.0. The molecule has 6 rings (SSSR count). The number of allylic oxidation sites excluding steroid dienone is 3. The summed E-state index contributed by atoms with van der Waals surface area (Å²) in [6, 6.07) is 5.52. The van der Waals surface area contributed by atoms with Crippen molar-refractivity contribution >= 4 is 11.9 Å². The molecule has 3 fully saturated rings. The minimum Gasteiger partial charge on any atom is -0.355 e. The number of piperidine rings is 3. The van der Waals surface area contributed by atoms with Crippen LogP contribution < -0.4 is 10.6 Å². The van der Waals surface area contributed by atoms with Gasteiger partial charge in [0.2, 0.25) is 0 Å². The Bertz CT molecular complexity index is 982. The molecule has 0 spiro atoms. The number of benzene rings is 1. The molecule has 4 heterocycles. The van der Waals surface area contributed by atoms with Gasteiger partial charge in [0.25, 0.3) is 5.91 Å². The average molecular weight is 453 g/mol.